The van der Waals surface area contributed by atoms with E-state index in [1.165, 1.54) is 4.68 Å². The van der Waals surface area contributed by atoms with Crippen molar-refractivity contribution in [1.29, 1.82) is 0 Å². The van der Waals surface area contributed by atoms with Gasteiger partial charge < -0.3 is 9.47 Å². The minimum atomic E-state index is -0.0953. The Bertz CT molecular complexity index is 808. The van der Waals surface area contributed by atoms with Gasteiger partial charge in [-0.2, -0.15) is 5.10 Å². The molecule has 0 bridgehead atoms. The second kappa shape index (κ2) is 6.88. The maximum Gasteiger partial charge on any atom is 0.267 e. The molecule has 2 heterocycles. The predicted molar refractivity (Wildman–Crippen MR) is 96.1 cm³/mol. The van der Waals surface area contributed by atoms with Crippen LogP contribution in [0.1, 0.15) is 32.0 Å². The first-order chi connectivity index (χ1) is 11.8. The molecule has 1 aliphatic heterocycles. The third-order valence-electron chi connectivity index (χ3n) is 4.07. The molecular formula is C19H25N3O3. The van der Waals surface area contributed by atoms with Crippen molar-refractivity contribution in [1.82, 2.24) is 14.7 Å². The summed E-state index contributed by atoms with van der Waals surface area (Å²) in [6.45, 7) is 8.53. The van der Waals surface area contributed by atoms with E-state index in [2.05, 4.69) is 25.9 Å². The number of aromatic nitrogens is 2. The topological polar surface area (TPSA) is 56.6 Å². The summed E-state index contributed by atoms with van der Waals surface area (Å²) in [5, 5.41) is 4.51. The second-order valence-corrected chi connectivity index (χ2v) is 7.44. The molecular weight excluding hydrogens is 318 g/mol. The number of nitrogens with zero attached hydrogens (tertiary/aromatic N) is 3. The Kier molecular flexibility index (Phi) is 4.81. The van der Waals surface area contributed by atoms with Gasteiger partial charge in [-0.15, -0.1) is 0 Å². The number of ether oxygens (including phenoxy) is 2. The number of hydrogen-bond donors (Lipinski definition) is 0. The lowest BCUT2D eigenvalue weighted by atomic mass is 9.92. The lowest BCUT2D eigenvalue weighted by molar-refractivity contribution is 0.171. The van der Waals surface area contributed by atoms with Gasteiger partial charge in [-0.1, -0.05) is 26.8 Å². The van der Waals surface area contributed by atoms with Crippen LogP contribution in [0, 0.1) is 0 Å². The molecule has 0 aliphatic carbocycles. The molecule has 2 aromatic rings. The van der Waals surface area contributed by atoms with Gasteiger partial charge in [-0.05, 0) is 30.8 Å². The lowest BCUT2D eigenvalue weighted by Crippen LogP contribution is -2.33. The fraction of sp³-hybridized carbons (Fsp3) is 0.474. The normalized spacial score (nSPS) is 14.0. The van der Waals surface area contributed by atoms with Gasteiger partial charge in [0.25, 0.3) is 5.56 Å². The van der Waals surface area contributed by atoms with Crippen molar-refractivity contribution in [2.75, 3.05) is 20.3 Å². The molecule has 0 saturated heterocycles. The van der Waals surface area contributed by atoms with Crippen LogP contribution in [-0.4, -0.2) is 34.9 Å². The van der Waals surface area contributed by atoms with Crippen molar-refractivity contribution in [3.63, 3.8) is 0 Å². The second-order valence-electron chi connectivity index (χ2n) is 7.44. The van der Waals surface area contributed by atoms with E-state index < -0.39 is 0 Å². The monoisotopic (exact) mass is 343 g/mol. The zero-order valence-electron chi connectivity index (χ0n) is 15.3. The standard InChI is InChI=1S/C19H25N3O3/c1-19(2,3)17-7-8-18(23)22(20-17)13-21(4)12-14-5-6-15-16(11-14)25-10-9-24-15/h5-8,11H,9-10,12-13H2,1-4H3. The van der Waals surface area contributed by atoms with Crippen LogP contribution in [0.4, 0.5) is 0 Å². The molecule has 3 rings (SSSR count). The molecule has 1 aliphatic rings. The van der Waals surface area contributed by atoms with E-state index in [4.69, 9.17) is 9.47 Å². The lowest BCUT2D eigenvalue weighted by Gasteiger charge is -2.22. The molecule has 6 nitrogen and oxygen atoms in total. The van der Waals surface area contributed by atoms with Gasteiger partial charge in [-0.25, -0.2) is 4.68 Å². The van der Waals surface area contributed by atoms with E-state index in [-0.39, 0.29) is 11.0 Å². The fourth-order valence-corrected chi connectivity index (χ4v) is 2.73. The first-order valence-electron chi connectivity index (χ1n) is 8.49. The zero-order valence-corrected chi connectivity index (χ0v) is 15.3. The van der Waals surface area contributed by atoms with Gasteiger partial charge >= 0.3 is 0 Å². The average Bonchev–Trinajstić information content (AvgIpc) is 2.55. The molecule has 0 unspecified atom stereocenters. The van der Waals surface area contributed by atoms with E-state index in [9.17, 15) is 4.79 Å². The van der Waals surface area contributed by atoms with Gasteiger partial charge in [0, 0.05) is 18.0 Å². The summed E-state index contributed by atoms with van der Waals surface area (Å²) >= 11 is 0. The van der Waals surface area contributed by atoms with Crippen molar-refractivity contribution in [3.8, 4) is 11.5 Å². The maximum absolute atomic E-state index is 12.1. The number of rotatable bonds is 4. The van der Waals surface area contributed by atoms with Gasteiger partial charge in [0.15, 0.2) is 11.5 Å². The minimum absolute atomic E-state index is 0.0934. The Morgan fingerprint density at radius 1 is 1.12 bits per heavy atom. The van der Waals surface area contributed by atoms with Crippen LogP contribution in [0.25, 0.3) is 0 Å². The van der Waals surface area contributed by atoms with Crippen LogP contribution in [-0.2, 0) is 18.6 Å². The molecule has 134 valence electrons. The first-order valence-corrected chi connectivity index (χ1v) is 8.49. The SMILES string of the molecule is CN(Cc1ccc2c(c1)OCCO2)Cn1nc(C(C)(C)C)ccc1=O. The Labute approximate surface area is 148 Å². The van der Waals surface area contributed by atoms with Crippen molar-refractivity contribution >= 4 is 0 Å². The van der Waals surface area contributed by atoms with Gasteiger partial charge in [-0.3, -0.25) is 9.69 Å². The highest BCUT2D eigenvalue weighted by Crippen LogP contribution is 2.31. The predicted octanol–water partition coefficient (Wildman–Crippen LogP) is 2.40. The fourth-order valence-electron chi connectivity index (χ4n) is 2.73. The molecule has 25 heavy (non-hydrogen) atoms. The Hall–Kier alpha value is -2.34. The molecule has 0 N–H and O–H groups in total. The molecule has 0 saturated carbocycles. The summed E-state index contributed by atoms with van der Waals surface area (Å²) in [5.74, 6) is 1.57. The minimum Gasteiger partial charge on any atom is -0.486 e. The Morgan fingerprint density at radius 3 is 2.56 bits per heavy atom. The van der Waals surface area contributed by atoms with Crippen LogP contribution in [0.2, 0.25) is 0 Å². The van der Waals surface area contributed by atoms with Crippen LogP contribution < -0.4 is 15.0 Å². The van der Waals surface area contributed by atoms with Gasteiger partial charge in [0.05, 0.1) is 12.4 Å². The third-order valence-corrected chi connectivity index (χ3v) is 4.07. The van der Waals surface area contributed by atoms with Crippen molar-refractivity contribution in [2.24, 2.45) is 0 Å². The quantitative estimate of drug-likeness (QED) is 0.853. The molecule has 0 spiro atoms. The number of benzene rings is 1. The zero-order chi connectivity index (χ0) is 18.0. The number of fused-ring (bicyclic) bond motifs is 1. The summed E-state index contributed by atoms with van der Waals surface area (Å²) < 4.78 is 12.7. The molecule has 1 aromatic heterocycles. The molecule has 0 atom stereocenters. The van der Waals surface area contributed by atoms with Crippen LogP contribution in [0.3, 0.4) is 0 Å². The van der Waals surface area contributed by atoms with E-state index in [0.29, 0.717) is 26.4 Å². The van der Waals surface area contributed by atoms with Gasteiger partial charge in [0.1, 0.15) is 13.2 Å². The third kappa shape index (κ3) is 4.20. The average molecular weight is 343 g/mol. The molecule has 1 aromatic carbocycles. The van der Waals surface area contributed by atoms with Crippen LogP contribution in [0.5, 0.6) is 11.5 Å². The van der Waals surface area contributed by atoms with E-state index in [1.807, 2.05) is 30.1 Å². The first kappa shape index (κ1) is 17.5. The van der Waals surface area contributed by atoms with Crippen molar-refractivity contribution in [2.45, 2.75) is 39.4 Å². The van der Waals surface area contributed by atoms with Gasteiger partial charge in [0.2, 0.25) is 0 Å². The highest BCUT2D eigenvalue weighted by molar-refractivity contribution is 5.43. The van der Waals surface area contributed by atoms with E-state index in [0.717, 1.165) is 22.8 Å². The Balaban J connectivity index is 1.72. The van der Waals surface area contributed by atoms with Crippen molar-refractivity contribution in [3.05, 3.63) is 51.9 Å². The largest absolute Gasteiger partial charge is 0.486 e. The number of hydrogen-bond acceptors (Lipinski definition) is 5. The maximum atomic E-state index is 12.1. The summed E-state index contributed by atoms with van der Waals surface area (Å²) in [7, 11) is 1.97. The smallest absolute Gasteiger partial charge is 0.267 e. The van der Waals surface area contributed by atoms with E-state index >= 15 is 0 Å². The molecule has 0 radical (unpaired) electrons. The molecule has 0 fully saturated rings. The van der Waals surface area contributed by atoms with Crippen LogP contribution in [0.15, 0.2) is 35.1 Å². The van der Waals surface area contributed by atoms with E-state index in [1.54, 1.807) is 12.1 Å². The van der Waals surface area contributed by atoms with Crippen LogP contribution >= 0.6 is 0 Å². The summed E-state index contributed by atoms with van der Waals surface area (Å²) in [6, 6.07) is 9.34. The highest BCUT2D eigenvalue weighted by atomic mass is 16.6. The molecule has 0 amide bonds. The highest BCUT2D eigenvalue weighted by Gasteiger charge is 2.17. The summed E-state index contributed by atoms with van der Waals surface area (Å²) in [6.07, 6.45) is 0. The molecule has 6 heteroatoms. The Morgan fingerprint density at radius 2 is 1.84 bits per heavy atom. The van der Waals surface area contributed by atoms with Crippen molar-refractivity contribution < 1.29 is 9.47 Å². The summed E-state index contributed by atoms with van der Waals surface area (Å²) in [4.78, 5) is 14.2. The summed E-state index contributed by atoms with van der Waals surface area (Å²) in [5.41, 5.74) is 1.82.